The predicted molar refractivity (Wildman–Crippen MR) is 264 cm³/mol. The number of hydrogen-bond acceptors (Lipinski definition) is 22. The molecule has 374 valence electrons. The first kappa shape index (κ1) is 39.9. The maximum Gasteiger partial charge on any atom is 0.266 e. The van der Waals surface area contributed by atoms with E-state index < -0.39 is 31.7 Å². The molecule has 0 saturated carbocycles. The maximum atomic E-state index is 15.0. The number of rotatable bonds is 19. The molecule has 0 bridgehead atoms. The third-order valence-electron chi connectivity index (χ3n) is 11.6. The van der Waals surface area contributed by atoms with E-state index in [-0.39, 0.29) is 23.6 Å². The molecule has 0 spiro atoms. The summed E-state index contributed by atoms with van der Waals surface area (Å²) in [6.07, 6.45) is 8.01. The lowest BCUT2D eigenvalue weighted by molar-refractivity contribution is 0.146. The normalized spacial score (nSPS) is 16.5. The number of hydrogen-bond donors (Lipinski definition) is 3. The lowest BCUT2D eigenvalue weighted by Crippen LogP contribution is -2.48. The monoisotopic (exact) mass is 983 g/mol. The number of aromatic nitrogens is 11. The number of methoxy groups -OCH3 is 1. The largest absolute Gasteiger partial charge is 0.494 e. The van der Waals surface area contributed by atoms with Crippen molar-refractivity contribution in [2.45, 2.75) is 13.3 Å². The zero-order chi connectivity index (χ0) is 55.2. The highest BCUT2D eigenvalue weighted by molar-refractivity contribution is 5.59. The van der Waals surface area contributed by atoms with Gasteiger partial charge in [-0.2, -0.15) is 19.0 Å². The van der Waals surface area contributed by atoms with E-state index in [2.05, 4.69) is 101 Å². The molecule has 0 aliphatic carbocycles. The zero-order valence-electron chi connectivity index (χ0n) is 46.1. The second kappa shape index (κ2) is 22.7. The number of likely N-dealkylation sites (N-methyl/N-ethyl adjacent to an activating group) is 1. The molecule has 9 heterocycles. The molecule has 71 heavy (non-hydrogen) atoms. The van der Waals surface area contributed by atoms with Crippen molar-refractivity contribution >= 4 is 46.3 Å². The average molecular weight is 983 g/mol. The van der Waals surface area contributed by atoms with Gasteiger partial charge >= 0.3 is 0 Å². The van der Waals surface area contributed by atoms with Crippen LogP contribution in [0, 0.1) is 5.82 Å². The number of nitrogens with two attached hydrogens (primary N) is 2. The summed E-state index contributed by atoms with van der Waals surface area (Å²) in [4.78, 5) is 40.6. The van der Waals surface area contributed by atoms with Gasteiger partial charge in [-0.25, -0.2) is 29.3 Å². The van der Waals surface area contributed by atoms with E-state index in [0.717, 1.165) is 70.3 Å². The van der Waals surface area contributed by atoms with Crippen molar-refractivity contribution in [1.82, 2.24) is 63.9 Å². The van der Waals surface area contributed by atoms with Gasteiger partial charge < -0.3 is 54.5 Å². The number of pyridine rings is 1. The number of nitrogens with one attached hydrogen (secondary N) is 1. The van der Waals surface area contributed by atoms with Crippen LogP contribution in [-0.4, -0.2) is 176 Å². The SMILES string of the molecule is CCCOc1ccc(N2CCN(CCNc3cc4nc(-c5ncco5)nn4c(N)n3)CC2)cc1.[2H]C([2H])([2H])OC([2H])([2H])C([2H])([2H])Oc1cnc(N2CCN(CCN(C)c3cc4nc(-c5ncco5)nn4c(N)n3)CC2)c(F)c1. The Morgan fingerprint density at radius 3 is 2.04 bits per heavy atom. The first-order valence-electron chi connectivity index (χ1n) is 26.3. The first-order chi connectivity index (χ1) is 37.3. The van der Waals surface area contributed by atoms with Crippen molar-refractivity contribution in [3.63, 3.8) is 0 Å². The fraction of sp³-hybridized carbons (Fsp3) is 0.413. The number of nitrogen functional groups attached to an aromatic ring is 2. The Bertz CT molecular complexity index is 3230. The Labute approximate surface area is 418 Å². The van der Waals surface area contributed by atoms with Crippen molar-refractivity contribution in [3.05, 3.63) is 79.4 Å². The van der Waals surface area contributed by atoms with Crippen LogP contribution in [0.15, 0.2) is 82.4 Å². The molecule has 0 radical (unpaired) electrons. The molecule has 10 rings (SSSR count). The van der Waals surface area contributed by atoms with Crippen LogP contribution >= 0.6 is 0 Å². The highest BCUT2D eigenvalue weighted by Gasteiger charge is 2.23. The van der Waals surface area contributed by atoms with Gasteiger partial charge in [0, 0.05) is 117 Å². The van der Waals surface area contributed by atoms with Crippen molar-refractivity contribution in [1.29, 1.82) is 0 Å². The van der Waals surface area contributed by atoms with Crippen LogP contribution in [0.4, 0.5) is 39.4 Å². The molecular formula is C46H58FN19O5. The molecule has 2 aliphatic rings. The van der Waals surface area contributed by atoms with Crippen LogP contribution < -0.4 is 41.0 Å². The summed E-state index contributed by atoms with van der Waals surface area (Å²) in [5, 5.41) is 12.0. The number of piperazine rings is 2. The summed E-state index contributed by atoms with van der Waals surface area (Å²) in [7, 11) is -1.34. The molecule has 2 fully saturated rings. The van der Waals surface area contributed by atoms with Gasteiger partial charge in [0.25, 0.3) is 11.8 Å². The molecule has 25 heteroatoms. The lowest BCUT2D eigenvalue weighted by atomic mass is 10.2. The summed E-state index contributed by atoms with van der Waals surface area (Å²) in [6.45, 7) is 5.39. The molecule has 5 N–H and O–H groups in total. The third kappa shape index (κ3) is 11.9. The molecule has 1 aromatic carbocycles. The minimum atomic E-state index is -3.36. The van der Waals surface area contributed by atoms with Gasteiger partial charge in [0.2, 0.25) is 23.5 Å². The van der Waals surface area contributed by atoms with E-state index in [9.17, 15) is 4.39 Å². The fourth-order valence-electron chi connectivity index (χ4n) is 7.88. The number of anilines is 6. The summed E-state index contributed by atoms with van der Waals surface area (Å²) >= 11 is 0. The van der Waals surface area contributed by atoms with E-state index >= 15 is 0 Å². The lowest BCUT2D eigenvalue weighted by Gasteiger charge is -2.36. The van der Waals surface area contributed by atoms with Gasteiger partial charge in [-0.15, -0.1) is 10.2 Å². The Morgan fingerprint density at radius 1 is 0.761 bits per heavy atom. The third-order valence-corrected chi connectivity index (χ3v) is 11.6. The Morgan fingerprint density at radius 2 is 1.41 bits per heavy atom. The van der Waals surface area contributed by atoms with E-state index in [1.807, 2.05) is 18.0 Å². The van der Waals surface area contributed by atoms with Crippen LogP contribution in [0.1, 0.15) is 22.9 Å². The summed E-state index contributed by atoms with van der Waals surface area (Å²) in [6, 6.07) is 12.8. The Kier molecular flexibility index (Phi) is 12.7. The van der Waals surface area contributed by atoms with Gasteiger partial charge in [0.1, 0.15) is 42.2 Å². The first-order valence-corrected chi connectivity index (χ1v) is 22.8. The summed E-state index contributed by atoms with van der Waals surface area (Å²) in [5.74, 6) is 2.70. The second-order valence-electron chi connectivity index (χ2n) is 16.3. The van der Waals surface area contributed by atoms with Crippen LogP contribution in [0.2, 0.25) is 0 Å². The molecule has 2 aliphatic heterocycles. The molecule has 0 amide bonds. The number of nitrogens with zero attached hydrogens (tertiary/aromatic N) is 16. The second-order valence-corrected chi connectivity index (χ2v) is 16.3. The van der Waals surface area contributed by atoms with E-state index in [4.69, 9.17) is 39.4 Å². The number of oxazole rings is 2. The van der Waals surface area contributed by atoms with E-state index in [1.165, 1.54) is 33.4 Å². The maximum absolute atomic E-state index is 15.0. The van der Waals surface area contributed by atoms with Gasteiger partial charge in [0.05, 0.1) is 41.4 Å². The van der Waals surface area contributed by atoms with Gasteiger partial charge in [-0.05, 0) is 30.7 Å². The summed E-state index contributed by atoms with van der Waals surface area (Å²) < 4.78 is 95.1. The molecule has 0 atom stereocenters. The molecule has 8 aromatic rings. The molecule has 24 nitrogen and oxygen atoms in total. The minimum Gasteiger partial charge on any atom is -0.494 e. The smallest absolute Gasteiger partial charge is 0.266 e. The standard InChI is InChI=1S/C23H29FN10O3.C23H29N9O2/c1-31(18-14-19-28-20(22-26-3-10-37-22)30-34(19)23(25)29-18)4-5-32-6-8-33(9-7-32)21-17(24)13-16(15-27-21)36-12-11-35-2;1-2-14-33-18-5-3-17(4-6-18)31-12-10-30(11-13-31)9-7-25-19-16-20-28-21(22-26-8-15-34-22)29-32(20)23(24)27-19/h3,10,13-15H,4-9,11-12H2,1-2H3,(H2,25,29);3-6,8,15-16,25H,2,7,9-14H2,1H3,(H2,24,27)/i2D3,11D2,12D2;. The predicted octanol–water partition coefficient (Wildman–Crippen LogP) is 3.56. The number of ether oxygens (including phenoxy) is 3. The topological polar surface area (TPSA) is 259 Å². The average Bonchev–Trinajstić information content (AvgIpc) is 4.30. The zero-order valence-corrected chi connectivity index (χ0v) is 39.1. The molecule has 2 saturated heterocycles. The van der Waals surface area contributed by atoms with E-state index in [0.29, 0.717) is 79.7 Å². The number of fused-ring (bicyclic) bond motifs is 2. The van der Waals surface area contributed by atoms with Crippen molar-refractivity contribution in [3.8, 4) is 34.9 Å². The minimum absolute atomic E-state index is 0.0295. The number of benzene rings is 1. The highest BCUT2D eigenvalue weighted by atomic mass is 19.1. The number of halogens is 1. The molecular weight excluding hydrogens is 918 g/mol. The fourth-order valence-corrected chi connectivity index (χ4v) is 7.88. The van der Waals surface area contributed by atoms with Gasteiger partial charge in [0.15, 0.2) is 22.9 Å². The van der Waals surface area contributed by atoms with Crippen molar-refractivity contribution in [2.75, 3.05) is 144 Å². The van der Waals surface area contributed by atoms with Crippen molar-refractivity contribution in [2.24, 2.45) is 0 Å². The van der Waals surface area contributed by atoms with Crippen LogP contribution in [-0.2, 0) is 4.74 Å². The van der Waals surface area contributed by atoms with Crippen LogP contribution in [0.5, 0.6) is 11.5 Å². The molecule has 0 unspecified atom stereocenters. The van der Waals surface area contributed by atoms with Gasteiger partial charge in [-0.1, -0.05) is 6.92 Å². The highest BCUT2D eigenvalue weighted by Crippen LogP contribution is 2.25. The Balaban J connectivity index is 0.000000196. The van der Waals surface area contributed by atoms with Crippen LogP contribution in [0.25, 0.3) is 34.7 Å². The van der Waals surface area contributed by atoms with Gasteiger partial charge in [-0.3, -0.25) is 9.80 Å². The Hall–Kier alpha value is -7.90. The molecule has 7 aromatic heterocycles. The summed E-state index contributed by atoms with van der Waals surface area (Å²) in [5.41, 5.74) is 14.5. The van der Waals surface area contributed by atoms with Crippen LogP contribution in [0.3, 0.4) is 0 Å². The quantitative estimate of drug-likeness (QED) is 0.105. The van der Waals surface area contributed by atoms with E-state index in [1.54, 1.807) is 17.2 Å². The van der Waals surface area contributed by atoms with Crippen molar-refractivity contribution < 1.29 is 37.0 Å².